The van der Waals surface area contributed by atoms with Crippen LogP contribution in [0, 0.1) is 17.6 Å². The molecule has 2 rings (SSSR count). The van der Waals surface area contributed by atoms with Crippen molar-refractivity contribution in [2.45, 2.75) is 19.4 Å². The molecule has 104 valence electrons. The topological polar surface area (TPSA) is 61.9 Å². The minimum absolute atomic E-state index is 0.0827. The lowest BCUT2D eigenvalue weighted by Crippen LogP contribution is -2.38. The molecule has 19 heavy (non-hydrogen) atoms. The summed E-state index contributed by atoms with van der Waals surface area (Å²) in [6.45, 7) is 1.95. The third-order valence-electron chi connectivity index (χ3n) is 3.53. The Morgan fingerprint density at radius 1 is 1.37 bits per heavy atom. The smallest absolute Gasteiger partial charge is 0.142 e. The summed E-state index contributed by atoms with van der Waals surface area (Å²) < 4.78 is 26.3. The SMILES string of the molecule is NC(=NO)C1CCN(Cc2ccc(F)cc2F)CC1. The zero-order valence-corrected chi connectivity index (χ0v) is 10.5. The van der Waals surface area contributed by atoms with Crippen molar-refractivity contribution < 1.29 is 14.0 Å². The lowest BCUT2D eigenvalue weighted by Gasteiger charge is -2.31. The normalized spacial score (nSPS) is 18.7. The number of nitrogens with two attached hydrogens (primary N) is 1. The lowest BCUT2D eigenvalue weighted by molar-refractivity contribution is 0.196. The van der Waals surface area contributed by atoms with E-state index in [1.165, 1.54) is 12.1 Å². The molecule has 6 heteroatoms. The summed E-state index contributed by atoms with van der Waals surface area (Å²) in [5, 5.41) is 11.6. The van der Waals surface area contributed by atoms with Crippen LogP contribution in [0.25, 0.3) is 0 Å². The molecule has 1 aliphatic heterocycles. The van der Waals surface area contributed by atoms with Gasteiger partial charge in [0, 0.05) is 24.1 Å². The van der Waals surface area contributed by atoms with Gasteiger partial charge >= 0.3 is 0 Å². The van der Waals surface area contributed by atoms with E-state index in [9.17, 15) is 8.78 Å². The van der Waals surface area contributed by atoms with Crippen LogP contribution in [-0.4, -0.2) is 29.0 Å². The fourth-order valence-electron chi connectivity index (χ4n) is 2.36. The van der Waals surface area contributed by atoms with Gasteiger partial charge in [0.25, 0.3) is 0 Å². The first-order valence-electron chi connectivity index (χ1n) is 6.24. The quantitative estimate of drug-likeness (QED) is 0.381. The zero-order valence-electron chi connectivity index (χ0n) is 10.5. The van der Waals surface area contributed by atoms with Crippen LogP contribution in [0.5, 0.6) is 0 Å². The van der Waals surface area contributed by atoms with Gasteiger partial charge in [-0.15, -0.1) is 0 Å². The number of hydrogen-bond acceptors (Lipinski definition) is 3. The average molecular weight is 269 g/mol. The molecule has 0 amide bonds. The predicted molar refractivity (Wildman–Crippen MR) is 67.8 cm³/mol. The molecule has 0 atom stereocenters. The molecule has 0 spiro atoms. The average Bonchev–Trinajstić information content (AvgIpc) is 2.42. The van der Waals surface area contributed by atoms with Crippen LogP contribution in [0.1, 0.15) is 18.4 Å². The molecule has 1 saturated heterocycles. The van der Waals surface area contributed by atoms with Crippen molar-refractivity contribution in [2.75, 3.05) is 13.1 Å². The molecule has 0 bridgehead atoms. The summed E-state index contributed by atoms with van der Waals surface area (Å²) in [6, 6.07) is 3.64. The highest BCUT2D eigenvalue weighted by Crippen LogP contribution is 2.20. The van der Waals surface area contributed by atoms with Gasteiger partial charge in [-0.05, 0) is 32.0 Å². The van der Waals surface area contributed by atoms with Gasteiger partial charge in [0.05, 0.1) is 0 Å². The maximum Gasteiger partial charge on any atom is 0.142 e. The number of amidine groups is 1. The number of halogens is 2. The maximum absolute atomic E-state index is 13.5. The van der Waals surface area contributed by atoms with E-state index in [4.69, 9.17) is 10.9 Å². The van der Waals surface area contributed by atoms with Crippen LogP contribution in [-0.2, 0) is 6.54 Å². The Morgan fingerprint density at radius 2 is 2.05 bits per heavy atom. The van der Waals surface area contributed by atoms with Crippen LogP contribution in [0.15, 0.2) is 23.4 Å². The van der Waals surface area contributed by atoms with Gasteiger partial charge < -0.3 is 10.9 Å². The summed E-state index contributed by atoms with van der Waals surface area (Å²) in [6.07, 6.45) is 1.55. The van der Waals surface area contributed by atoms with Gasteiger partial charge in [0.15, 0.2) is 0 Å². The Morgan fingerprint density at radius 3 is 2.63 bits per heavy atom. The van der Waals surface area contributed by atoms with Gasteiger partial charge in [-0.2, -0.15) is 0 Å². The predicted octanol–water partition coefficient (Wildman–Crippen LogP) is 1.92. The largest absolute Gasteiger partial charge is 0.409 e. The first-order chi connectivity index (χ1) is 9.10. The monoisotopic (exact) mass is 269 g/mol. The Kier molecular flexibility index (Phi) is 4.31. The molecule has 0 radical (unpaired) electrons. The second-order valence-corrected chi connectivity index (χ2v) is 4.81. The number of rotatable bonds is 3. The Bertz CT molecular complexity index is 471. The van der Waals surface area contributed by atoms with Crippen molar-refractivity contribution in [3.63, 3.8) is 0 Å². The summed E-state index contributed by atoms with van der Waals surface area (Å²) in [7, 11) is 0. The van der Waals surface area contributed by atoms with Crippen molar-refractivity contribution in [1.29, 1.82) is 0 Å². The fourth-order valence-corrected chi connectivity index (χ4v) is 2.36. The molecule has 0 unspecified atom stereocenters. The van der Waals surface area contributed by atoms with Crippen LogP contribution in [0.3, 0.4) is 0 Å². The first-order valence-corrected chi connectivity index (χ1v) is 6.24. The van der Waals surface area contributed by atoms with Gasteiger partial charge in [-0.3, -0.25) is 4.90 Å². The fraction of sp³-hybridized carbons (Fsp3) is 0.462. The summed E-state index contributed by atoms with van der Waals surface area (Å²) in [5.41, 5.74) is 6.06. The molecule has 1 fully saturated rings. The van der Waals surface area contributed by atoms with Gasteiger partial charge in [-0.1, -0.05) is 11.2 Å². The van der Waals surface area contributed by atoms with E-state index in [0.717, 1.165) is 32.0 Å². The van der Waals surface area contributed by atoms with Crippen molar-refractivity contribution in [1.82, 2.24) is 4.90 Å². The summed E-state index contributed by atoms with van der Waals surface area (Å²) >= 11 is 0. The van der Waals surface area contributed by atoms with E-state index in [2.05, 4.69) is 10.1 Å². The number of oxime groups is 1. The molecule has 0 saturated carbocycles. The zero-order chi connectivity index (χ0) is 13.8. The van der Waals surface area contributed by atoms with E-state index in [1.54, 1.807) is 0 Å². The van der Waals surface area contributed by atoms with E-state index in [-0.39, 0.29) is 11.8 Å². The maximum atomic E-state index is 13.5. The third kappa shape index (κ3) is 3.41. The molecule has 1 heterocycles. The van der Waals surface area contributed by atoms with Gasteiger partial charge in [0.2, 0.25) is 0 Å². The van der Waals surface area contributed by atoms with E-state index in [1.807, 2.05) is 0 Å². The molecule has 0 aliphatic carbocycles. The summed E-state index contributed by atoms with van der Waals surface area (Å²) in [5.74, 6) is -0.739. The van der Waals surface area contributed by atoms with Crippen LogP contribution < -0.4 is 5.73 Å². The molecule has 1 aliphatic rings. The van der Waals surface area contributed by atoms with Crippen LogP contribution in [0.2, 0.25) is 0 Å². The second-order valence-electron chi connectivity index (χ2n) is 4.81. The summed E-state index contributed by atoms with van der Waals surface area (Å²) in [4.78, 5) is 2.08. The number of piperidine rings is 1. The molecule has 0 aromatic heterocycles. The van der Waals surface area contributed by atoms with Gasteiger partial charge in [0.1, 0.15) is 17.5 Å². The lowest BCUT2D eigenvalue weighted by atomic mass is 9.95. The number of nitrogens with zero attached hydrogens (tertiary/aromatic N) is 2. The highest BCUT2D eigenvalue weighted by atomic mass is 19.1. The highest BCUT2D eigenvalue weighted by molar-refractivity contribution is 5.82. The van der Waals surface area contributed by atoms with Crippen molar-refractivity contribution >= 4 is 5.84 Å². The van der Waals surface area contributed by atoms with Crippen molar-refractivity contribution in [2.24, 2.45) is 16.8 Å². The molecule has 1 aromatic rings. The van der Waals surface area contributed by atoms with E-state index in [0.29, 0.717) is 12.1 Å². The van der Waals surface area contributed by atoms with Gasteiger partial charge in [-0.25, -0.2) is 8.78 Å². The first kappa shape index (κ1) is 13.7. The standard InChI is InChI=1S/C13H17F2N3O/c14-11-2-1-10(12(15)7-11)8-18-5-3-9(4-6-18)13(16)17-19/h1-2,7,9,19H,3-6,8H2,(H2,16,17). The van der Waals surface area contributed by atoms with Crippen LogP contribution >= 0.6 is 0 Å². The second kappa shape index (κ2) is 5.97. The molecule has 1 aromatic carbocycles. The molecule has 4 nitrogen and oxygen atoms in total. The van der Waals surface area contributed by atoms with Crippen molar-refractivity contribution in [3.8, 4) is 0 Å². The minimum atomic E-state index is -0.563. The highest BCUT2D eigenvalue weighted by Gasteiger charge is 2.22. The molecular formula is C13H17F2N3O. The molecular weight excluding hydrogens is 252 g/mol. The Balaban J connectivity index is 1.92. The number of benzene rings is 1. The van der Waals surface area contributed by atoms with E-state index < -0.39 is 11.6 Å². The minimum Gasteiger partial charge on any atom is -0.409 e. The third-order valence-corrected chi connectivity index (χ3v) is 3.53. The van der Waals surface area contributed by atoms with E-state index >= 15 is 0 Å². The number of hydrogen-bond donors (Lipinski definition) is 2. The number of likely N-dealkylation sites (tertiary alicyclic amines) is 1. The Hall–Kier alpha value is -1.69. The van der Waals surface area contributed by atoms with Crippen LogP contribution in [0.4, 0.5) is 8.78 Å². The Labute approximate surface area is 110 Å². The molecule has 3 N–H and O–H groups in total. The van der Waals surface area contributed by atoms with Crippen molar-refractivity contribution in [3.05, 3.63) is 35.4 Å².